The Bertz CT molecular complexity index is 1020. The molecule has 0 aliphatic heterocycles. The van der Waals surface area contributed by atoms with Crippen molar-refractivity contribution in [2.45, 2.75) is 13.3 Å². The maximum Gasteiger partial charge on any atom is 0.271 e. The summed E-state index contributed by atoms with van der Waals surface area (Å²) in [5.41, 5.74) is 1.66. The molecule has 0 radical (unpaired) electrons. The molecule has 0 aliphatic carbocycles. The Morgan fingerprint density at radius 3 is 2.66 bits per heavy atom. The molecule has 2 aromatic carbocycles. The number of carbonyl (C=O) groups is 1. The fourth-order valence-corrected chi connectivity index (χ4v) is 3.47. The van der Waals surface area contributed by atoms with Gasteiger partial charge in [-0.1, -0.05) is 0 Å². The van der Waals surface area contributed by atoms with E-state index in [-0.39, 0.29) is 23.7 Å². The molecule has 3 rings (SSSR count). The summed E-state index contributed by atoms with van der Waals surface area (Å²) >= 11 is 1.44. The van der Waals surface area contributed by atoms with Crippen molar-refractivity contribution >= 4 is 28.6 Å². The zero-order chi connectivity index (χ0) is 20.8. The lowest BCUT2D eigenvalue weighted by atomic mass is 10.2. The van der Waals surface area contributed by atoms with Crippen molar-refractivity contribution < 1.29 is 19.2 Å². The van der Waals surface area contributed by atoms with E-state index in [0.717, 1.165) is 16.3 Å². The summed E-state index contributed by atoms with van der Waals surface area (Å²) in [4.78, 5) is 27.3. The first kappa shape index (κ1) is 20.3. The first-order chi connectivity index (χ1) is 14.0. The number of thiazole rings is 1. The smallest absolute Gasteiger partial charge is 0.271 e. The number of hydrogen-bond donors (Lipinski definition) is 1. The molecular formula is C20H19N3O5S. The molecule has 0 unspecified atom stereocenters. The summed E-state index contributed by atoms with van der Waals surface area (Å²) in [6.45, 7) is 2.53. The second-order valence-corrected chi connectivity index (χ2v) is 6.83. The summed E-state index contributed by atoms with van der Waals surface area (Å²) < 4.78 is 10.6. The zero-order valence-corrected chi connectivity index (χ0v) is 16.7. The van der Waals surface area contributed by atoms with Crippen LogP contribution in [0.25, 0.3) is 10.6 Å². The highest BCUT2D eigenvalue weighted by atomic mass is 32.1. The van der Waals surface area contributed by atoms with Crippen molar-refractivity contribution in [3.05, 3.63) is 63.7 Å². The van der Waals surface area contributed by atoms with Crippen LogP contribution in [0, 0.1) is 10.1 Å². The second kappa shape index (κ2) is 9.16. The third kappa shape index (κ3) is 5.08. The van der Waals surface area contributed by atoms with Gasteiger partial charge < -0.3 is 14.8 Å². The van der Waals surface area contributed by atoms with Crippen LogP contribution in [0.15, 0.2) is 47.8 Å². The summed E-state index contributed by atoms with van der Waals surface area (Å²) in [7, 11) is 1.43. The number of nitro groups is 1. The van der Waals surface area contributed by atoms with Crippen LogP contribution in [-0.4, -0.2) is 29.5 Å². The molecule has 1 amide bonds. The fraction of sp³-hybridized carbons (Fsp3) is 0.200. The van der Waals surface area contributed by atoms with E-state index >= 15 is 0 Å². The maximum absolute atomic E-state index is 12.4. The van der Waals surface area contributed by atoms with Crippen molar-refractivity contribution in [1.29, 1.82) is 0 Å². The number of carbonyl (C=O) groups excluding carboxylic acids is 1. The van der Waals surface area contributed by atoms with Gasteiger partial charge in [-0.25, -0.2) is 4.98 Å². The number of nitrogens with zero attached hydrogens (tertiary/aromatic N) is 2. The molecule has 1 heterocycles. The Hall–Kier alpha value is -3.46. The zero-order valence-electron chi connectivity index (χ0n) is 15.9. The molecular weight excluding hydrogens is 394 g/mol. The first-order valence-corrected chi connectivity index (χ1v) is 9.68. The van der Waals surface area contributed by atoms with Crippen molar-refractivity contribution in [2.75, 3.05) is 19.0 Å². The van der Waals surface area contributed by atoms with E-state index in [9.17, 15) is 14.9 Å². The number of aromatic nitrogens is 1. The van der Waals surface area contributed by atoms with Crippen molar-refractivity contribution in [3.63, 3.8) is 0 Å². The van der Waals surface area contributed by atoms with Gasteiger partial charge in [0.2, 0.25) is 5.91 Å². The first-order valence-electron chi connectivity index (χ1n) is 8.80. The number of ether oxygens (including phenoxy) is 2. The minimum absolute atomic E-state index is 0.0410. The Morgan fingerprint density at radius 2 is 2.00 bits per heavy atom. The van der Waals surface area contributed by atoms with Crippen LogP contribution in [0.1, 0.15) is 12.6 Å². The number of hydrogen-bond acceptors (Lipinski definition) is 7. The van der Waals surface area contributed by atoms with Crippen LogP contribution in [0.2, 0.25) is 0 Å². The quantitative estimate of drug-likeness (QED) is 0.436. The Labute approximate surface area is 171 Å². The highest BCUT2D eigenvalue weighted by Crippen LogP contribution is 2.29. The number of anilines is 1. The van der Waals surface area contributed by atoms with Gasteiger partial charge in [0.15, 0.2) is 0 Å². The predicted octanol–water partition coefficient (Wildman–Crippen LogP) is 4.31. The Kier molecular flexibility index (Phi) is 6.40. The molecule has 9 heteroatoms. The molecule has 0 saturated heterocycles. The van der Waals surface area contributed by atoms with Crippen LogP contribution in [-0.2, 0) is 11.2 Å². The third-order valence-electron chi connectivity index (χ3n) is 3.97. The molecule has 29 heavy (non-hydrogen) atoms. The Balaban J connectivity index is 1.69. The average Bonchev–Trinajstić information content (AvgIpc) is 3.17. The molecule has 0 fully saturated rings. The van der Waals surface area contributed by atoms with Crippen molar-refractivity contribution in [3.8, 4) is 22.1 Å². The Morgan fingerprint density at radius 1 is 1.24 bits per heavy atom. The summed E-state index contributed by atoms with van der Waals surface area (Å²) in [6.07, 6.45) is 0.0410. The van der Waals surface area contributed by atoms with Crippen LogP contribution >= 0.6 is 11.3 Å². The van der Waals surface area contributed by atoms with E-state index in [2.05, 4.69) is 10.3 Å². The standard InChI is InChI=1S/C20H19N3O5S/c1-3-28-16-7-4-13(5-8-16)20-21-14(12-29-20)10-19(24)22-17-11-15(23(25)26)6-9-18(17)27-2/h4-9,11-12H,3,10H2,1-2H3,(H,22,24). The molecule has 0 saturated carbocycles. The van der Waals surface area contributed by atoms with Gasteiger partial charge in [0.1, 0.15) is 16.5 Å². The van der Waals surface area contributed by atoms with E-state index in [1.807, 2.05) is 36.6 Å². The van der Waals surface area contributed by atoms with Gasteiger partial charge in [-0.3, -0.25) is 14.9 Å². The van der Waals surface area contributed by atoms with Crippen LogP contribution < -0.4 is 14.8 Å². The number of methoxy groups -OCH3 is 1. The molecule has 0 aliphatic rings. The largest absolute Gasteiger partial charge is 0.495 e. The molecule has 0 atom stereocenters. The van der Waals surface area contributed by atoms with E-state index in [4.69, 9.17) is 9.47 Å². The van der Waals surface area contributed by atoms with Gasteiger partial charge in [-0.2, -0.15) is 0 Å². The lowest BCUT2D eigenvalue weighted by molar-refractivity contribution is -0.384. The van der Waals surface area contributed by atoms with E-state index in [1.54, 1.807) is 0 Å². The third-order valence-corrected chi connectivity index (χ3v) is 4.91. The van der Waals surface area contributed by atoms with Gasteiger partial charge in [-0.15, -0.1) is 11.3 Å². The number of benzene rings is 2. The topological polar surface area (TPSA) is 104 Å². The highest BCUT2D eigenvalue weighted by molar-refractivity contribution is 7.13. The average molecular weight is 413 g/mol. The summed E-state index contributed by atoms with van der Waals surface area (Å²) in [5, 5.41) is 16.2. The minimum Gasteiger partial charge on any atom is -0.495 e. The molecule has 1 N–H and O–H groups in total. The fourth-order valence-electron chi connectivity index (χ4n) is 2.65. The molecule has 3 aromatic rings. The molecule has 150 valence electrons. The lowest BCUT2D eigenvalue weighted by Crippen LogP contribution is -2.15. The van der Waals surface area contributed by atoms with Gasteiger partial charge in [0.25, 0.3) is 5.69 Å². The van der Waals surface area contributed by atoms with Crippen molar-refractivity contribution in [1.82, 2.24) is 4.98 Å². The summed E-state index contributed by atoms with van der Waals surface area (Å²) in [6, 6.07) is 11.6. The highest BCUT2D eigenvalue weighted by Gasteiger charge is 2.15. The van der Waals surface area contributed by atoms with E-state index in [0.29, 0.717) is 18.1 Å². The number of nitrogens with one attached hydrogen (secondary N) is 1. The SMILES string of the molecule is CCOc1ccc(-c2nc(CC(=O)Nc3cc([N+](=O)[O-])ccc3OC)cs2)cc1. The van der Waals surface area contributed by atoms with Crippen LogP contribution in [0.5, 0.6) is 11.5 Å². The number of non-ortho nitro benzene ring substituents is 1. The molecule has 0 bridgehead atoms. The van der Waals surface area contributed by atoms with Gasteiger partial charge in [0.05, 0.1) is 36.4 Å². The summed E-state index contributed by atoms with van der Waals surface area (Å²) in [5.74, 6) is 0.794. The second-order valence-electron chi connectivity index (χ2n) is 5.97. The number of nitro benzene ring substituents is 1. The van der Waals surface area contributed by atoms with Gasteiger partial charge in [-0.05, 0) is 37.3 Å². The monoisotopic (exact) mass is 413 g/mol. The normalized spacial score (nSPS) is 10.4. The molecule has 8 nitrogen and oxygen atoms in total. The maximum atomic E-state index is 12.4. The van der Waals surface area contributed by atoms with Crippen LogP contribution in [0.4, 0.5) is 11.4 Å². The van der Waals surface area contributed by atoms with Gasteiger partial charge in [0, 0.05) is 23.1 Å². The molecule has 0 spiro atoms. The van der Waals surface area contributed by atoms with Crippen molar-refractivity contribution in [2.24, 2.45) is 0 Å². The van der Waals surface area contributed by atoms with Crippen LogP contribution in [0.3, 0.4) is 0 Å². The van der Waals surface area contributed by atoms with E-state index in [1.165, 1.54) is 36.6 Å². The number of rotatable bonds is 8. The lowest BCUT2D eigenvalue weighted by Gasteiger charge is -2.09. The predicted molar refractivity (Wildman–Crippen MR) is 111 cm³/mol. The number of amides is 1. The van der Waals surface area contributed by atoms with Gasteiger partial charge >= 0.3 is 0 Å². The van der Waals surface area contributed by atoms with E-state index < -0.39 is 4.92 Å². The minimum atomic E-state index is -0.529. The molecule has 1 aromatic heterocycles.